The number of carbonyl (C=O) groups excluding carboxylic acids is 1. The van der Waals surface area contributed by atoms with Crippen molar-refractivity contribution in [2.45, 2.75) is 32.5 Å². The molecule has 0 aromatic heterocycles. The Kier molecular flexibility index (Phi) is 8.02. The number of carbonyl (C=O) groups is 1. The first-order valence-corrected chi connectivity index (χ1v) is 10.2. The van der Waals surface area contributed by atoms with E-state index in [0.717, 1.165) is 18.4 Å². The summed E-state index contributed by atoms with van der Waals surface area (Å²) < 4.78 is 30.0. The van der Waals surface area contributed by atoms with Crippen LogP contribution in [0.3, 0.4) is 0 Å². The average Bonchev–Trinajstić information content (AvgIpc) is 3.30. The van der Waals surface area contributed by atoms with E-state index in [0.29, 0.717) is 36.8 Å². The van der Waals surface area contributed by atoms with E-state index in [2.05, 4.69) is 5.32 Å². The first-order chi connectivity index (χ1) is 15.1. The highest BCUT2D eigenvalue weighted by Crippen LogP contribution is 2.30. The van der Waals surface area contributed by atoms with Crippen LogP contribution in [0, 0.1) is 17.1 Å². The summed E-state index contributed by atoms with van der Waals surface area (Å²) in [6.07, 6.45) is 3.41. The molecule has 1 heterocycles. The standard InChI is InChI=1S/C24H25FN2O4/c1-2-29-23-13-18(7-10-22(23)31-16-17-5-8-20(25)9-6-17)12-19(14-26)24(28)27-15-21-4-3-11-30-21/h5-10,12-13,21H,2-4,11,15-16H2,1H3,(H,27,28)/b19-12+/t21-/m1/s1. The van der Waals surface area contributed by atoms with Gasteiger partial charge in [-0.2, -0.15) is 5.26 Å². The third-order valence-electron chi connectivity index (χ3n) is 4.77. The Morgan fingerprint density at radius 1 is 1.26 bits per heavy atom. The normalized spacial score (nSPS) is 15.9. The van der Waals surface area contributed by atoms with E-state index in [1.54, 1.807) is 30.3 Å². The number of ether oxygens (including phenoxy) is 3. The SMILES string of the molecule is CCOc1cc(/C=C(\C#N)C(=O)NC[C@H]2CCCO2)ccc1OCc1ccc(F)cc1. The Morgan fingerprint density at radius 2 is 2.06 bits per heavy atom. The van der Waals surface area contributed by atoms with Crippen LogP contribution in [0.5, 0.6) is 11.5 Å². The molecule has 0 radical (unpaired) electrons. The monoisotopic (exact) mass is 424 g/mol. The number of halogens is 1. The van der Waals surface area contributed by atoms with Crippen LogP contribution in [0.25, 0.3) is 6.08 Å². The second kappa shape index (κ2) is 11.1. The van der Waals surface area contributed by atoms with Gasteiger partial charge in [-0.1, -0.05) is 18.2 Å². The maximum atomic E-state index is 13.1. The molecule has 0 spiro atoms. The minimum absolute atomic E-state index is 0.000394. The van der Waals surface area contributed by atoms with Crippen LogP contribution in [0.2, 0.25) is 0 Å². The number of amides is 1. The lowest BCUT2D eigenvalue weighted by Gasteiger charge is -2.13. The highest BCUT2D eigenvalue weighted by Gasteiger charge is 2.18. The van der Waals surface area contributed by atoms with Crippen molar-refractivity contribution >= 4 is 12.0 Å². The fourth-order valence-corrected chi connectivity index (χ4v) is 3.17. The number of rotatable bonds is 9. The molecule has 0 aliphatic carbocycles. The zero-order chi connectivity index (χ0) is 22.1. The highest BCUT2D eigenvalue weighted by atomic mass is 19.1. The third kappa shape index (κ3) is 6.56. The van der Waals surface area contributed by atoms with E-state index < -0.39 is 5.91 Å². The van der Waals surface area contributed by atoms with Gasteiger partial charge in [0.25, 0.3) is 5.91 Å². The second-order valence-electron chi connectivity index (χ2n) is 7.07. The molecule has 6 nitrogen and oxygen atoms in total. The van der Waals surface area contributed by atoms with E-state index in [9.17, 15) is 14.4 Å². The van der Waals surface area contributed by atoms with Crippen molar-refractivity contribution in [2.24, 2.45) is 0 Å². The van der Waals surface area contributed by atoms with Crippen LogP contribution >= 0.6 is 0 Å². The molecule has 1 amide bonds. The number of nitriles is 1. The predicted molar refractivity (Wildman–Crippen MR) is 114 cm³/mol. The molecule has 0 unspecified atom stereocenters. The van der Waals surface area contributed by atoms with Crippen LogP contribution in [-0.2, 0) is 16.1 Å². The van der Waals surface area contributed by atoms with Crippen molar-refractivity contribution in [3.8, 4) is 17.6 Å². The van der Waals surface area contributed by atoms with Gasteiger partial charge in [-0.15, -0.1) is 0 Å². The molecule has 162 valence electrons. The summed E-state index contributed by atoms with van der Waals surface area (Å²) in [6.45, 7) is 3.62. The molecule has 0 bridgehead atoms. The van der Waals surface area contributed by atoms with Crippen LogP contribution in [0.4, 0.5) is 4.39 Å². The largest absolute Gasteiger partial charge is 0.490 e. The third-order valence-corrected chi connectivity index (χ3v) is 4.77. The lowest BCUT2D eigenvalue weighted by Crippen LogP contribution is -2.32. The molecule has 0 saturated carbocycles. The van der Waals surface area contributed by atoms with Crippen molar-refractivity contribution in [3.05, 3.63) is 65.0 Å². The minimum atomic E-state index is -0.437. The molecule has 31 heavy (non-hydrogen) atoms. The molecular formula is C24H25FN2O4. The number of nitrogens with one attached hydrogen (secondary N) is 1. The maximum Gasteiger partial charge on any atom is 0.262 e. The lowest BCUT2D eigenvalue weighted by molar-refractivity contribution is -0.117. The fourth-order valence-electron chi connectivity index (χ4n) is 3.17. The Bertz CT molecular complexity index is 961. The summed E-state index contributed by atoms with van der Waals surface area (Å²) in [5, 5.41) is 12.2. The fraction of sp³-hybridized carbons (Fsp3) is 0.333. The number of nitrogens with zero attached hydrogens (tertiary/aromatic N) is 1. The molecule has 1 N–H and O–H groups in total. The summed E-state index contributed by atoms with van der Waals surface area (Å²) >= 11 is 0. The number of benzene rings is 2. The van der Waals surface area contributed by atoms with E-state index in [4.69, 9.17) is 14.2 Å². The molecule has 1 saturated heterocycles. The molecule has 3 rings (SSSR count). The van der Waals surface area contributed by atoms with Gasteiger partial charge in [-0.3, -0.25) is 4.79 Å². The van der Waals surface area contributed by atoms with Gasteiger partial charge in [0.1, 0.15) is 24.1 Å². The van der Waals surface area contributed by atoms with Gasteiger partial charge in [0.2, 0.25) is 0 Å². The molecule has 1 aliphatic heterocycles. The van der Waals surface area contributed by atoms with Crippen LogP contribution < -0.4 is 14.8 Å². The minimum Gasteiger partial charge on any atom is -0.490 e. The molecule has 7 heteroatoms. The summed E-state index contributed by atoms with van der Waals surface area (Å²) in [6, 6.07) is 13.2. The van der Waals surface area contributed by atoms with Crippen LogP contribution in [0.15, 0.2) is 48.0 Å². The van der Waals surface area contributed by atoms with E-state index in [-0.39, 0.29) is 24.1 Å². The Balaban J connectivity index is 1.69. The summed E-state index contributed by atoms with van der Waals surface area (Å²) in [5.74, 6) is 0.274. The van der Waals surface area contributed by atoms with Gasteiger partial charge in [-0.05, 0) is 61.2 Å². The zero-order valence-corrected chi connectivity index (χ0v) is 17.4. The van der Waals surface area contributed by atoms with Crippen molar-refractivity contribution in [1.82, 2.24) is 5.32 Å². The smallest absolute Gasteiger partial charge is 0.262 e. The van der Waals surface area contributed by atoms with Gasteiger partial charge < -0.3 is 19.5 Å². The summed E-state index contributed by atoms with van der Waals surface area (Å²) in [4.78, 5) is 12.4. The zero-order valence-electron chi connectivity index (χ0n) is 17.4. The highest BCUT2D eigenvalue weighted by molar-refractivity contribution is 6.01. The Labute approximate surface area is 181 Å². The predicted octanol–water partition coefficient (Wildman–Crippen LogP) is 4.01. The Morgan fingerprint density at radius 3 is 2.74 bits per heavy atom. The van der Waals surface area contributed by atoms with E-state index in [1.807, 2.05) is 13.0 Å². The second-order valence-corrected chi connectivity index (χ2v) is 7.07. The van der Waals surface area contributed by atoms with E-state index >= 15 is 0 Å². The first kappa shape index (κ1) is 22.3. The van der Waals surface area contributed by atoms with Crippen molar-refractivity contribution < 1.29 is 23.4 Å². The van der Waals surface area contributed by atoms with Crippen LogP contribution in [0.1, 0.15) is 30.9 Å². The number of hydrogen-bond acceptors (Lipinski definition) is 5. The van der Waals surface area contributed by atoms with Crippen molar-refractivity contribution in [3.63, 3.8) is 0 Å². The van der Waals surface area contributed by atoms with Gasteiger partial charge in [0.15, 0.2) is 11.5 Å². The van der Waals surface area contributed by atoms with E-state index in [1.165, 1.54) is 18.2 Å². The molecule has 1 atom stereocenters. The molecule has 1 fully saturated rings. The van der Waals surface area contributed by atoms with Gasteiger partial charge >= 0.3 is 0 Å². The average molecular weight is 424 g/mol. The first-order valence-electron chi connectivity index (χ1n) is 10.2. The van der Waals surface area contributed by atoms with Crippen molar-refractivity contribution in [2.75, 3.05) is 19.8 Å². The summed E-state index contributed by atoms with van der Waals surface area (Å²) in [5.41, 5.74) is 1.46. The molecule has 2 aromatic rings. The van der Waals surface area contributed by atoms with Gasteiger partial charge in [0.05, 0.1) is 12.7 Å². The lowest BCUT2D eigenvalue weighted by atomic mass is 10.1. The quantitative estimate of drug-likeness (QED) is 0.486. The van der Waals surface area contributed by atoms with Gasteiger partial charge in [-0.25, -0.2) is 4.39 Å². The Hall–Kier alpha value is -3.37. The molecule has 1 aliphatic rings. The van der Waals surface area contributed by atoms with Crippen molar-refractivity contribution in [1.29, 1.82) is 5.26 Å². The molecule has 2 aromatic carbocycles. The summed E-state index contributed by atoms with van der Waals surface area (Å²) in [7, 11) is 0. The molecular weight excluding hydrogens is 399 g/mol. The van der Waals surface area contributed by atoms with Gasteiger partial charge in [0, 0.05) is 13.2 Å². The topological polar surface area (TPSA) is 80.6 Å². The maximum absolute atomic E-state index is 13.1. The van der Waals surface area contributed by atoms with Crippen LogP contribution in [-0.4, -0.2) is 31.8 Å². The number of hydrogen-bond donors (Lipinski definition) is 1.